The van der Waals surface area contributed by atoms with Crippen molar-refractivity contribution in [3.63, 3.8) is 0 Å². The van der Waals surface area contributed by atoms with Gasteiger partial charge in [-0.3, -0.25) is 5.10 Å². The largest absolute Gasteiger partial charge is 0.465 e. The second kappa shape index (κ2) is 6.24. The van der Waals surface area contributed by atoms with Gasteiger partial charge < -0.3 is 4.74 Å². The molecule has 25 heavy (non-hydrogen) atoms. The van der Waals surface area contributed by atoms with E-state index in [-0.39, 0.29) is 5.97 Å². The summed E-state index contributed by atoms with van der Waals surface area (Å²) in [5.41, 5.74) is 4.25. The minimum Gasteiger partial charge on any atom is -0.465 e. The molecule has 4 rings (SSSR count). The van der Waals surface area contributed by atoms with Gasteiger partial charge in [-0.25, -0.2) is 4.79 Å². The molecule has 4 heteroatoms. The van der Waals surface area contributed by atoms with Crippen LogP contribution in [0.25, 0.3) is 33.0 Å². The number of aromatic amines is 1. The van der Waals surface area contributed by atoms with Crippen LogP contribution in [0, 0.1) is 0 Å². The predicted molar refractivity (Wildman–Crippen MR) is 98.3 cm³/mol. The number of esters is 1. The summed E-state index contributed by atoms with van der Waals surface area (Å²) in [4.78, 5) is 12.4. The Bertz CT molecular complexity index is 1050. The van der Waals surface area contributed by atoms with Crippen LogP contribution in [0.15, 0.2) is 73.1 Å². The van der Waals surface area contributed by atoms with Crippen molar-refractivity contribution in [3.8, 4) is 22.3 Å². The van der Waals surface area contributed by atoms with Crippen LogP contribution in [0.1, 0.15) is 10.4 Å². The van der Waals surface area contributed by atoms with Crippen LogP contribution in [0.2, 0.25) is 0 Å². The van der Waals surface area contributed by atoms with E-state index in [0.29, 0.717) is 5.56 Å². The van der Waals surface area contributed by atoms with Crippen molar-refractivity contribution in [1.29, 1.82) is 0 Å². The normalized spacial score (nSPS) is 10.8. The number of H-pyrrole nitrogens is 1. The molecule has 0 unspecified atom stereocenters. The molecular weight excluding hydrogens is 312 g/mol. The number of ether oxygens (including phenoxy) is 1. The van der Waals surface area contributed by atoms with Gasteiger partial charge in [-0.2, -0.15) is 5.10 Å². The van der Waals surface area contributed by atoms with E-state index in [1.54, 1.807) is 12.4 Å². The van der Waals surface area contributed by atoms with Crippen molar-refractivity contribution in [2.45, 2.75) is 0 Å². The highest BCUT2D eigenvalue weighted by Gasteiger charge is 2.16. The van der Waals surface area contributed by atoms with E-state index in [2.05, 4.69) is 28.4 Å². The Balaban J connectivity index is 1.96. The fraction of sp³-hybridized carbons (Fsp3) is 0.0476. The Labute approximate surface area is 145 Å². The van der Waals surface area contributed by atoms with E-state index in [9.17, 15) is 4.79 Å². The van der Waals surface area contributed by atoms with Gasteiger partial charge in [0.1, 0.15) is 0 Å². The Morgan fingerprint density at radius 3 is 2.60 bits per heavy atom. The van der Waals surface area contributed by atoms with E-state index >= 15 is 0 Å². The first-order valence-corrected chi connectivity index (χ1v) is 7.97. The van der Waals surface area contributed by atoms with Crippen molar-refractivity contribution < 1.29 is 9.53 Å². The molecule has 4 nitrogen and oxygen atoms in total. The smallest absolute Gasteiger partial charge is 0.338 e. The molecule has 1 N–H and O–H groups in total. The standard InChI is InChI=1S/C21H16N2O2/c1-25-21(24)20-11-15(16-12-22-23-13-16)9-10-19(20)18-8-4-6-14-5-2-3-7-17(14)18/h2-13H,1H3,(H,22,23). The minimum atomic E-state index is -0.353. The van der Waals surface area contributed by atoms with Gasteiger partial charge in [0.25, 0.3) is 0 Å². The third kappa shape index (κ3) is 2.68. The number of hydrogen-bond acceptors (Lipinski definition) is 3. The first kappa shape index (κ1) is 15.1. The molecule has 3 aromatic carbocycles. The van der Waals surface area contributed by atoms with Gasteiger partial charge in [-0.05, 0) is 33.5 Å². The molecule has 0 atom stereocenters. The molecule has 0 saturated carbocycles. The zero-order chi connectivity index (χ0) is 17.2. The average Bonchev–Trinajstić information content (AvgIpc) is 3.21. The van der Waals surface area contributed by atoms with Crippen molar-refractivity contribution >= 4 is 16.7 Å². The van der Waals surface area contributed by atoms with E-state index in [4.69, 9.17) is 4.74 Å². The predicted octanol–water partition coefficient (Wildman–Crippen LogP) is 4.68. The number of fused-ring (bicyclic) bond motifs is 1. The zero-order valence-electron chi connectivity index (χ0n) is 13.7. The molecule has 1 aromatic heterocycles. The maximum Gasteiger partial charge on any atom is 0.338 e. The number of rotatable bonds is 3. The number of carbonyl (C=O) groups is 1. The van der Waals surface area contributed by atoms with Crippen LogP contribution >= 0.6 is 0 Å². The third-order valence-electron chi connectivity index (χ3n) is 4.34. The lowest BCUT2D eigenvalue weighted by molar-refractivity contribution is 0.0601. The number of nitrogens with one attached hydrogen (secondary N) is 1. The fourth-order valence-corrected chi connectivity index (χ4v) is 3.11. The molecule has 0 bridgehead atoms. The summed E-state index contributed by atoms with van der Waals surface area (Å²) in [5.74, 6) is -0.353. The molecule has 0 amide bonds. The molecule has 4 aromatic rings. The number of methoxy groups -OCH3 is 1. The molecule has 0 spiro atoms. The van der Waals surface area contributed by atoms with Crippen LogP contribution in [-0.4, -0.2) is 23.3 Å². The van der Waals surface area contributed by atoms with Gasteiger partial charge in [-0.15, -0.1) is 0 Å². The fourth-order valence-electron chi connectivity index (χ4n) is 3.11. The van der Waals surface area contributed by atoms with Crippen LogP contribution in [0.3, 0.4) is 0 Å². The van der Waals surface area contributed by atoms with Crippen LogP contribution in [0.4, 0.5) is 0 Å². The van der Waals surface area contributed by atoms with E-state index in [1.807, 2.05) is 42.5 Å². The Morgan fingerprint density at radius 1 is 0.960 bits per heavy atom. The lowest BCUT2D eigenvalue weighted by atomic mass is 9.92. The van der Waals surface area contributed by atoms with Crippen LogP contribution in [0.5, 0.6) is 0 Å². The highest BCUT2D eigenvalue weighted by Crippen LogP contribution is 2.33. The number of nitrogens with zero attached hydrogens (tertiary/aromatic N) is 1. The molecule has 0 saturated heterocycles. The van der Waals surface area contributed by atoms with E-state index in [0.717, 1.165) is 33.0 Å². The molecule has 122 valence electrons. The molecule has 0 aliphatic carbocycles. The van der Waals surface area contributed by atoms with Crippen LogP contribution in [-0.2, 0) is 4.74 Å². The highest BCUT2D eigenvalue weighted by molar-refractivity contribution is 6.04. The SMILES string of the molecule is COC(=O)c1cc(-c2cn[nH]c2)ccc1-c1cccc2ccccc12. The number of carbonyl (C=O) groups excluding carboxylic acids is 1. The van der Waals surface area contributed by atoms with Gasteiger partial charge in [0.05, 0.1) is 18.9 Å². The molecule has 0 aliphatic rings. The summed E-state index contributed by atoms with van der Waals surface area (Å²) >= 11 is 0. The lowest BCUT2D eigenvalue weighted by Crippen LogP contribution is -2.04. The summed E-state index contributed by atoms with van der Waals surface area (Å²) in [5, 5.41) is 9.01. The first-order chi connectivity index (χ1) is 12.3. The Hall–Kier alpha value is -3.40. The van der Waals surface area contributed by atoms with E-state index in [1.165, 1.54) is 7.11 Å². The van der Waals surface area contributed by atoms with Gasteiger partial charge >= 0.3 is 5.97 Å². The maximum atomic E-state index is 12.4. The monoisotopic (exact) mass is 328 g/mol. The second-order valence-electron chi connectivity index (χ2n) is 5.77. The van der Waals surface area contributed by atoms with Crippen molar-refractivity contribution in [3.05, 3.63) is 78.6 Å². The summed E-state index contributed by atoms with van der Waals surface area (Å²) in [6.07, 6.45) is 3.53. The highest BCUT2D eigenvalue weighted by atomic mass is 16.5. The van der Waals surface area contributed by atoms with Crippen molar-refractivity contribution in [1.82, 2.24) is 10.2 Å². The number of hydrogen-bond donors (Lipinski definition) is 1. The maximum absolute atomic E-state index is 12.4. The molecule has 0 aliphatic heterocycles. The molecule has 0 radical (unpaired) electrons. The van der Waals surface area contributed by atoms with Crippen LogP contribution < -0.4 is 0 Å². The minimum absolute atomic E-state index is 0.353. The van der Waals surface area contributed by atoms with E-state index < -0.39 is 0 Å². The Morgan fingerprint density at radius 2 is 1.80 bits per heavy atom. The quantitative estimate of drug-likeness (QED) is 0.555. The summed E-state index contributed by atoms with van der Waals surface area (Å²) < 4.78 is 5.02. The summed E-state index contributed by atoms with van der Waals surface area (Å²) in [6, 6.07) is 20.1. The third-order valence-corrected chi connectivity index (χ3v) is 4.34. The zero-order valence-corrected chi connectivity index (χ0v) is 13.7. The Kier molecular flexibility index (Phi) is 3.78. The summed E-state index contributed by atoms with van der Waals surface area (Å²) in [7, 11) is 1.40. The lowest BCUT2D eigenvalue weighted by Gasteiger charge is -2.12. The van der Waals surface area contributed by atoms with Crippen molar-refractivity contribution in [2.75, 3.05) is 7.11 Å². The topological polar surface area (TPSA) is 55.0 Å². The molecular formula is C21H16N2O2. The average molecular weight is 328 g/mol. The molecule has 1 heterocycles. The van der Waals surface area contributed by atoms with Crippen molar-refractivity contribution in [2.24, 2.45) is 0 Å². The van der Waals surface area contributed by atoms with Gasteiger partial charge in [-0.1, -0.05) is 54.6 Å². The second-order valence-corrected chi connectivity index (χ2v) is 5.77. The van der Waals surface area contributed by atoms with Gasteiger partial charge in [0.2, 0.25) is 0 Å². The van der Waals surface area contributed by atoms with Gasteiger partial charge in [0.15, 0.2) is 0 Å². The first-order valence-electron chi connectivity index (χ1n) is 7.97. The summed E-state index contributed by atoms with van der Waals surface area (Å²) in [6.45, 7) is 0. The number of aromatic nitrogens is 2. The number of benzene rings is 3. The molecule has 0 fully saturated rings. The van der Waals surface area contributed by atoms with Gasteiger partial charge in [0, 0.05) is 11.8 Å².